The first-order chi connectivity index (χ1) is 20.5. The molecule has 4 aromatic heterocycles. The summed E-state index contributed by atoms with van der Waals surface area (Å²) in [5, 5.41) is 12.9. The molecule has 6 heterocycles. The topological polar surface area (TPSA) is 115 Å². The SMILES string of the molecule is Cc1cc(OC[C@H](C)c2ccccc2)cn2nc(CCN3CC4(CCN(c5nccn6cnnc56)CC4)OC3=O)nc12. The van der Waals surface area contributed by atoms with Gasteiger partial charge < -0.3 is 19.3 Å². The third-order valence-corrected chi connectivity index (χ3v) is 8.32. The van der Waals surface area contributed by atoms with Gasteiger partial charge in [-0.15, -0.1) is 10.2 Å². The maximum absolute atomic E-state index is 12.9. The zero-order valence-electron chi connectivity index (χ0n) is 23.8. The lowest BCUT2D eigenvalue weighted by Crippen LogP contribution is -2.47. The number of piperidine rings is 1. The van der Waals surface area contributed by atoms with Gasteiger partial charge in [0.15, 0.2) is 17.3 Å². The van der Waals surface area contributed by atoms with E-state index < -0.39 is 5.60 Å². The molecule has 0 saturated carbocycles. The van der Waals surface area contributed by atoms with Crippen LogP contribution in [0.4, 0.5) is 10.6 Å². The molecule has 7 rings (SSSR count). The minimum absolute atomic E-state index is 0.268. The second-order valence-corrected chi connectivity index (χ2v) is 11.3. The number of anilines is 1. The van der Waals surface area contributed by atoms with Crippen LogP contribution in [0.3, 0.4) is 0 Å². The molecule has 0 aliphatic carbocycles. The molecule has 2 saturated heterocycles. The molecule has 5 aromatic rings. The van der Waals surface area contributed by atoms with Crippen LogP contribution < -0.4 is 9.64 Å². The fourth-order valence-corrected chi connectivity index (χ4v) is 5.90. The number of carbonyl (C=O) groups excluding carboxylic acids is 1. The predicted octanol–water partition coefficient (Wildman–Crippen LogP) is 3.69. The van der Waals surface area contributed by atoms with Gasteiger partial charge in [-0.05, 0) is 24.1 Å². The van der Waals surface area contributed by atoms with E-state index in [9.17, 15) is 4.79 Å². The zero-order chi connectivity index (χ0) is 28.7. The van der Waals surface area contributed by atoms with Crippen molar-refractivity contribution in [2.24, 2.45) is 0 Å². The van der Waals surface area contributed by atoms with Crippen LogP contribution in [-0.4, -0.2) is 83.6 Å². The van der Waals surface area contributed by atoms with E-state index in [4.69, 9.17) is 19.6 Å². The number of pyridine rings is 1. The van der Waals surface area contributed by atoms with Crippen molar-refractivity contribution in [3.8, 4) is 5.75 Å². The highest BCUT2D eigenvalue weighted by atomic mass is 16.6. The first kappa shape index (κ1) is 26.2. The molecule has 0 unspecified atom stereocenters. The molecule has 1 spiro atoms. The highest BCUT2D eigenvalue weighted by Crippen LogP contribution is 2.35. The number of nitrogens with zero attached hydrogens (tertiary/aromatic N) is 9. The second-order valence-electron chi connectivity index (χ2n) is 11.3. The number of hydrogen-bond acceptors (Lipinski definition) is 9. The van der Waals surface area contributed by atoms with Crippen molar-refractivity contribution in [2.45, 2.75) is 44.6 Å². The number of fused-ring (bicyclic) bond motifs is 2. The van der Waals surface area contributed by atoms with E-state index in [1.54, 1.807) is 21.9 Å². The zero-order valence-corrected chi connectivity index (χ0v) is 23.8. The number of carbonyl (C=O) groups is 1. The fourth-order valence-electron chi connectivity index (χ4n) is 5.90. The Kier molecular flexibility index (Phi) is 6.60. The van der Waals surface area contributed by atoms with E-state index in [-0.39, 0.29) is 12.0 Å². The molecular weight excluding hydrogens is 534 g/mol. The van der Waals surface area contributed by atoms with Crippen LogP contribution in [0.25, 0.3) is 11.3 Å². The molecule has 216 valence electrons. The summed E-state index contributed by atoms with van der Waals surface area (Å²) in [6, 6.07) is 12.3. The Balaban J connectivity index is 0.963. The lowest BCUT2D eigenvalue weighted by molar-refractivity contribution is 0.0366. The molecule has 1 amide bonds. The van der Waals surface area contributed by atoms with Gasteiger partial charge in [0.2, 0.25) is 5.65 Å². The van der Waals surface area contributed by atoms with Crippen LogP contribution in [0, 0.1) is 6.92 Å². The van der Waals surface area contributed by atoms with Crippen molar-refractivity contribution in [1.29, 1.82) is 0 Å². The summed E-state index contributed by atoms with van der Waals surface area (Å²) in [5.41, 5.74) is 3.26. The summed E-state index contributed by atoms with van der Waals surface area (Å²) in [5.74, 6) is 2.51. The van der Waals surface area contributed by atoms with Gasteiger partial charge in [-0.1, -0.05) is 37.3 Å². The van der Waals surface area contributed by atoms with Gasteiger partial charge in [0.25, 0.3) is 0 Å². The Morgan fingerprint density at radius 2 is 1.98 bits per heavy atom. The van der Waals surface area contributed by atoms with Crippen molar-refractivity contribution in [1.82, 2.24) is 39.1 Å². The summed E-state index contributed by atoms with van der Waals surface area (Å²) < 4.78 is 15.7. The Labute approximate surface area is 242 Å². The normalized spacial score (nSPS) is 17.3. The molecular formula is C30H33N9O3. The maximum Gasteiger partial charge on any atom is 0.410 e. The molecule has 1 atom stereocenters. The quantitative estimate of drug-likeness (QED) is 0.277. The van der Waals surface area contributed by atoms with E-state index in [1.165, 1.54) is 5.56 Å². The fraction of sp³-hybridized carbons (Fsp3) is 0.400. The average Bonchev–Trinajstić information content (AvgIpc) is 3.73. The van der Waals surface area contributed by atoms with Crippen molar-refractivity contribution in [2.75, 3.05) is 37.7 Å². The second kappa shape index (κ2) is 10.6. The first-order valence-electron chi connectivity index (χ1n) is 14.4. The van der Waals surface area contributed by atoms with Crippen LogP contribution >= 0.6 is 0 Å². The van der Waals surface area contributed by atoms with Gasteiger partial charge in [0.1, 0.15) is 17.7 Å². The monoisotopic (exact) mass is 567 g/mol. The van der Waals surface area contributed by atoms with Gasteiger partial charge in [-0.2, -0.15) is 5.10 Å². The maximum atomic E-state index is 12.9. The number of aromatic nitrogens is 7. The third-order valence-electron chi connectivity index (χ3n) is 8.32. The molecule has 0 N–H and O–H groups in total. The van der Waals surface area contributed by atoms with E-state index in [2.05, 4.69) is 39.1 Å². The van der Waals surface area contributed by atoms with E-state index >= 15 is 0 Å². The lowest BCUT2D eigenvalue weighted by atomic mass is 9.91. The number of rotatable bonds is 8. The molecule has 2 aliphatic heterocycles. The summed E-state index contributed by atoms with van der Waals surface area (Å²) in [7, 11) is 0. The van der Waals surface area contributed by atoms with Crippen molar-refractivity contribution in [3.05, 3.63) is 78.3 Å². The van der Waals surface area contributed by atoms with Crippen LogP contribution in [0.5, 0.6) is 5.75 Å². The molecule has 2 fully saturated rings. The van der Waals surface area contributed by atoms with Crippen LogP contribution in [0.1, 0.15) is 42.6 Å². The average molecular weight is 568 g/mol. The molecule has 0 bridgehead atoms. The van der Waals surface area contributed by atoms with Gasteiger partial charge in [0.05, 0.1) is 19.3 Å². The smallest absolute Gasteiger partial charge is 0.410 e. The Morgan fingerprint density at radius 3 is 2.81 bits per heavy atom. The summed E-state index contributed by atoms with van der Waals surface area (Å²) in [6.45, 7) is 7.24. The predicted molar refractivity (Wildman–Crippen MR) is 155 cm³/mol. The number of aryl methyl sites for hydroxylation is 1. The van der Waals surface area contributed by atoms with Crippen molar-refractivity contribution < 1.29 is 14.3 Å². The summed E-state index contributed by atoms with van der Waals surface area (Å²) in [6.07, 6.45) is 8.85. The van der Waals surface area contributed by atoms with Crippen LogP contribution in [-0.2, 0) is 11.2 Å². The Bertz CT molecular complexity index is 1730. The van der Waals surface area contributed by atoms with Crippen LogP contribution in [0.2, 0.25) is 0 Å². The van der Waals surface area contributed by atoms with Crippen molar-refractivity contribution >= 4 is 23.2 Å². The molecule has 12 nitrogen and oxygen atoms in total. The molecule has 2 aliphatic rings. The standard InChI is InChI=1S/C30H33N9O3/c1-21-16-24(41-18-22(2)23-6-4-3-5-7-23)17-39-26(21)33-25(35-39)8-12-37-19-30(42-29(37)40)9-13-36(14-10-30)27-28-34-32-20-38(28)15-11-31-27/h3-7,11,15-17,20,22H,8-10,12-14,18-19H2,1-2H3/t22-/m0/s1. The highest BCUT2D eigenvalue weighted by molar-refractivity contribution is 5.71. The highest BCUT2D eigenvalue weighted by Gasteiger charge is 2.47. The largest absolute Gasteiger partial charge is 0.491 e. The Hall–Kier alpha value is -4.74. The number of benzene rings is 1. The molecule has 0 radical (unpaired) electrons. The van der Waals surface area contributed by atoms with E-state index in [0.29, 0.717) is 31.9 Å². The van der Waals surface area contributed by atoms with E-state index in [1.807, 2.05) is 48.0 Å². The minimum Gasteiger partial charge on any atom is -0.491 e. The number of amides is 1. The lowest BCUT2D eigenvalue weighted by Gasteiger charge is -2.37. The van der Waals surface area contributed by atoms with Gasteiger partial charge >= 0.3 is 6.09 Å². The summed E-state index contributed by atoms with van der Waals surface area (Å²) in [4.78, 5) is 26.1. The van der Waals surface area contributed by atoms with Gasteiger partial charge in [-0.25, -0.2) is 19.3 Å². The molecule has 42 heavy (non-hydrogen) atoms. The van der Waals surface area contributed by atoms with Gasteiger partial charge in [-0.3, -0.25) is 4.40 Å². The molecule has 12 heteroatoms. The first-order valence-corrected chi connectivity index (χ1v) is 14.4. The van der Waals surface area contributed by atoms with Crippen molar-refractivity contribution in [3.63, 3.8) is 0 Å². The van der Waals surface area contributed by atoms with Gasteiger partial charge in [0, 0.05) is 57.2 Å². The van der Waals surface area contributed by atoms with E-state index in [0.717, 1.165) is 54.4 Å². The number of ether oxygens (including phenoxy) is 2. The third kappa shape index (κ3) is 4.97. The molecule has 1 aromatic carbocycles. The number of hydrogen-bond donors (Lipinski definition) is 0. The summed E-state index contributed by atoms with van der Waals surface area (Å²) >= 11 is 0. The van der Waals surface area contributed by atoms with Crippen LogP contribution in [0.15, 0.2) is 61.3 Å². The Morgan fingerprint density at radius 1 is 1.14 bits per heavy atom. The minimum atomic E-state index is -0.488.